The van der Waals surface area contributed by atoms with Crippen LogP contribution < -0.4 is 15.1 Å². The van der Waals surface area contributed by atoms with Crippen molar-refractivity contribution >= 4 is 17.8 Å². The van der Waals surface area contributed by atoms with Crippen molar-refractivity contribution in [2.24, 2.45) is 5.92 Å². The molecule has 1 aromatic rings. The van der Waals surface area contributed by atoms with Crippen LogP contribution >= 0.6 is 0 Å². The summed E-state index contributed by atoms with van der Waals surface area (Å²) in [6.45, 7) is 4.00. The minimum absolute atomic E-state index is 0.0155. The van der Waals surface area contributed by atoms with E-state index in [9.17, 15) is 4.79 Å². The van der Waals surface area contributed by atoms with Crippen LogP contribution in [-0.2, 0) is 11.3 Å². The fourth-order valence-electron chi connectivity index (χ4n) is 1.24. The summed E-state index contributed by atoms with van der Waals surface area (Å²) in [5.74, 6) is 1.64. The van der Waals surface area contributed by atoms with Gasteiger partial charge in [-0.2, -0.15) is 15.0 Å². The molecule has 1 N–H and O–H groups in total. The van der Waals surface area contributed by atoms with E-state index in [1.807, 2.05) is 51.8 Å². The van der Waals surface area contributed by atoms with E-state index in [4.69, 9.17) is 0 Å². The van der Waals surface area contributed by atoms with Gasteiger partial charge < -0.3 is 15.1 Å². The molecular weight excluding hydrogens is 244 g/mol. The molecular formula is C12H22N6O. The highest BCUT2D eigenvalue weighted by molar-refractivity contribution is 5.77. The van der Waals surface area contributed by atoms with Crippen molar-refractivity contribution in [3.05, 3.63) is 5.82 Å². The minimum atomic E-state index is -0.0523. The van der Waals surface area contributed by atoms with Crippen LogP contribution in [0.2, 0.25) is 0 Å². The lowest BCUT2D eigenvalue weighted by molar-refractivity contribution is -0.124. The molecule has 0 fully saturated rings. The van der Waals surface area contributed by atoms with E-state index in [2.05, 4.69) is 20.3 Å². The zero-order valence-corrected chi connectivity index (χ0v) is 12.4. The van der Waals surface area contributed by atoms with Gasteiger partial charge >= 0.3 is 0 Å². The fourth-order valence-corrected chi connectivity index (χ4v) is 1.24. The molecule has 1 aromatic heterocycles. The number of nitrogens with one attached hydrogen (secondary N) is 1. The molecule has 1 rings (SSSR count). The summed E-state index contributed by atoms with van der Waals surface area (Å²) in [5, 5.41) is 2.80. The Hall–Kier alpha value is -1.92. The van der Waals surface area contributed by atoms with E-state index in [1.54, 1.807) is 0 Å². The van der Waals surface area contributed by atoms with E-state index in [0.717, 1.165) is 0 Å². The number of carbonyl (C=O) groups is 1. The van der Waals surface area contributed by atoms with E-state index in [0.29, 0.717) is 24.3 Å². The highest BCUT2D eigenvalue weighted by atomic mass is 16.1. The number of hydrogen-bond donors (Lipinski definition) is 1. The average Bonchev–Trinajstić information content (AvgIpc) is 2.35. The highest BCUT2D eigenvalue weighted by Crippen LogP contribution is 2.10. The van der Waals surface area contributed by atoms with Crippen LogP contribution in [0.15, 0.2) is 0 Å². The summed E-state index contributed by atoms with van der Waals surface area (Å²) < 4.78 is 0. The van der Waals surface area contributed by atoms with E-state index < -0.39 is 0 Å². The molecule has 0 saturated heterocycles. The molecule has 0 spiro atoms. The Bertz CT molecular complexity index is 418. The van der Waals surface area contributed by atoms with Crippen LogP contribution in [0.5, 0.6) is 0 Å². The summed E-state index contributed by atoms with van der Waals surface area (Å²) in [4.78, 5) is 28.1. The van der Waals surface area contributed by atoms with Gasteiger partial charge in [-0.15, -0.1) is 0 Å². The molecule has 0 aliphatic carbocycles. The topological polar surface area (TPSA) is 74.2 Å². The van der Waals surface area contributed by atoms with Gasteiger partial charge in [-0.25, -0.2) is 0 Å². The molecule has 1 amide bonds. The van der Waals surface area contributed by atoms with Crippen molar-refractivity contribution in [3.8, 4) is 0 Å². The number of rotatable bonds is 5. The number of anilines is 2. The lowest BCUT2D eigenvalue weighted by Gasteiger charge is -2.16. The van der Waals surface area contributed by atoms with Crippen molar-refractivity contribution in [2.45, 2.75) is 20.4 Å². The van der Waals surface area contributed by atoms with Gasteiger partial charge in [0.15, 0.2) is 5.82 Å². The third-order valence-corrected chi connectivity index (χ3v) is 2.40. The summed E-state index contributed by atoms with van der Waals surface area (Å²) >= 11 is 0. The molecule has 0 bridgehead atoms. The standard InChI is InChI=1S/C12H22N6O/c1-8(2)10(19)13-7-9-14-11(17(3)4)16-12(15-9)18(5)6/h8H,7H2,1-6H3,(H,13,19). The predicted molar refractivity (Wildman–Crippen MR) is 75.2 cm³/mol. The molecule has 1 heterocycles. The molecule has 0 saturated carbocycles. The molecule has 19 heavy (non-hydrogen) atoms. The van der Waals surface area contributed by atoms with Crippen molar-refractivity contribution in [2.75, 3.05) is 38.0 Å². The molecule has 0 aromatic carbocycles. The Morgan fingerprint density at radius 3 is 1.89 bits per heavy atom. The summed E-state index contributed by atoms with van der Waals surface area (Å²) in [6, 6.07) is 0. The van der Waals surface area contributed by atoms with E-state index in [-0.39, 0.29) is 11.8 Å². The highest BCUT2D eigenvalue weighted by Gasteiger charge is 2.11. The molecule has 0 unspecified atom stereocenters. The van der Waals surface area contributed by atoms with Gasteiger partial charge in [-0.05, 0) is 0 Å². The quantitative estimate of drug-likeness (QED) is 0.825. The van der Waals surface area contributed by atoms with Crippen LogP contribution in [-0.4, -0.2) is 49.0 Å². The fraction of sp³-hybridized carbons (Fsp3) is 0.667. The summed E-state index contributed by atoms with van der Waals surface area (Å²) in [5.41, 5.74) is 0. The van der Waals surface area contributed by atoms with Crippen LogP contribution in [0, 0.1) is 5.92 Å². The van der Waals surface area contributed by atoms with Crippen molar-refractivity contribution in [3.63, 3.8) is 0 Å². The Kier molecular flexibility index (Phi) is 5.02. The van der Waals surface area contributed by atoms with E-state index >= 15 is 0 Å². The molecule has 106 valence electrons. The number of amides is 1. The van der Waals surface area contributed by atoms with Gasteiger partial charge in [0.2, 0.25) is 17.8 Å². The zero-order valence-electron chi connectivity index (χ0n) is 12.4. The van der Waals surface area contributed by atoms with Gasteiger partial charge in [0.25, 0.3) is 0 Å². The second kappa shape index (κ2) is 6.31. The average molecular weight is 266 g/mol. The maximum atomic E-state index is 11.6. The van der Waals surface area contributed by atoms with Crippen LogP contribution in [0.4, 0.5) is 11.9 Å². The van der Waals surface area contributed by atoms with Crippen molar-refractivity contribution in [1.82, 2.24) is 20.3 Å². The summed E-state index contributed by atoms with van der Waals surface area (Å²) in [7, 11) is 7.47. The van der Waals surface area contributed by atoms with Crippen LogP contribution in [0.3, 0.4) is 0 Å². The third kappa shape index (κ3) is 4.35. The molecule has 0 aliphatic rings. The maximum Gasteiger partial charge on any atom is 0.229 e. The Morgan fingerprint density at radius 1 is 1.05 bits per heavy atom. The van der Waals surface area contributed by atoms with Gasteiger partial charge in [-0.3, -0.25) is 4.79 Å². The second-order valence-electron chi connectivity index (χ2n) is 5.01. The zero-order chi connectivity index (χ0) is 14.6. The first-order chi connectivity index (χ1) is 8.81. The van der Waals surface area contributed by atoms with Crippen molar-refractivity contribution in [1.29, 1.82) is 0 Å². The first kappa shape index (κ1) is 15.1. The van der Waals surface area contributed by atoms with Crippen molar-refractivity contribution < 1.29 is 4.79 Å². The Balaban J connectivity index is 2.90. The maximum absolute atomic E-state index is 11.6. The molecule has 0 radical (unpaired) electrons. The molecule has 0 aliphatic heterocycles. The molecule has 0 atom stereocenters. The third-order valence-electron chi connectivity index (χ3n) is 2.40. The number of nitrogens with zero attached hydrogens (tertiary/aromatic N) is 5. The number of hydrogen-bond acceptors (Lipinski definition) is 6. The van der Waals surface area contributed by atoms with Crippen LogP contribution in [0.25, 0.3) is 0 Å². The van der Waals surface area contributed by atoms with E-state index in [1.165, 1.54) is 0 Å². The van der Waals surface area contributed by atoms with Gasteiger partial charge in [0, 0.05) is 34.1 Å². The molecule has 7 heteroatoms. The molecule has 7 nitrogen and oxygen atoms in total. The Labute approximate surface area is 114 Å². The predicted octanol–water partition coefficient (Wildman–Crippen LogP) is 0.276. The summed E-state index contributed by atoms with van der Waals surface area (Å²) in [6.07, 6.45) is 0. The SMILES string of the molecule is CC(C)C(=O)NCc1nc(N(C)C)nc(N(C)C)n1. The number of aromatic nitrogens is 3. The van der Waals surface area contributed by atoms with Gasteiger partial charge in [0.05, 0.1) is 6.54 Å². The first-order valence-electron chi connectivity index (χ1n) is 6.18. The monoisotopic (exact) mass is 266 g/mol. The van der Waals surface area contributed by atoms with Gasteiger partial charge in [0.1, 0.15) is 0 Å². The van der Waals surface area contributed by atoms with Crippen LogP contribution in [0.1, 0.15) is 19.7 Å². The Morgan fingerprint density at radius 2 is 1.53 bits per heavy atom. The lowest BCUT2D eigenvalue weighted by atomic mass is 10.2. The first-order valence-corrected chi connectivity index (χ1v) is 6.18. The second-order valence-corrected chi connectivity index (χ2v) is 5.01. The lowest BCUT2D eigenvalue weighted by Crippen LogP contribution is -2.29. The number of carbonyl (C=O) groups excluding carboxylic acids is 1. The normalized spacial score (nSPS) is 10.5. The minimum Gasteiger partial charge on any atom is -0.349 e. The largest absolute Gasteiger partial charge is 0.349 e. The smallest absolute Gasteiger partial charge is 0.229 e. The van der Waals surface area contributed by atoms with Gasteiger partial charge in [-0.1, -0.05) is 13.8 Å².